The zero-order chi connectivity index (χ0) is 9.68. The number of esters is 1. The molecule has 0 aliphatic heterocycles. The van der Waals surface area contributed by atoms with E-state index in [0.29, 0.717) is 5.02 Å². The molecule has 0 atom stereocenters. The minimum absolute atomic E-state index is 0.231. The Kier molecular flexibility index (Phi) is 3.23. The lowest BCUT2D eigenvalue weighted by Gasteiger charge is -1.88. The molecule has 0 fully saturated rings. The third-order valence-electron chi connectivity index (χ3n) is 1.08. The van der Waals surface area contributed by atoms with Gasteiger partial charge in [-0.05, 0) is 5.92 Å². The summed E-state index contributed by atoms with van der Waals surface area (Å²) in [6.45, 7) is 0. The van der Waals surface area contributed by atoms with Gasteiger partial charge in [-0.2, -0.15) is 0 Å². The van der Waals surface area contributed by atoms with Crippen molar-refractivity contribution in [2.45, 2.75) is 0 Å². The number of halogens is 1. The minimum atomic E-state index is -0.626. The van der Waals surface area contributed by atoms with Crippen molar-refractivity contribution in [3.63, 3.8) is 0 Å². The summed E-state index contributed by atoms with van der Waals surface area (Å²) in [5.74, 6) is 4.21. The van der Waals surface area contributed by atoms with Crippen molar-refractivity contribution in [1.82, 2.24) is 9.97 Å². The lowest BCUT2D eigenvalue weighted by atomic mass is 10.5. The van der Waals surface area contributed by atoms with Crippen LogP contribution in [0.5, 0.6) is 0 Å². The highest BCUT2D eigenvalue weighted by Gasteiger charge is 1.93. The van der Waals surface area contributed by atoms with E-state index in [1.807, 2.05) is 0 Å². The molecule has 1 aromatic heterocycles. The van der Waals surface area contributed by atoms with Gasteiger partial charge in [0.05, 0.1) is 24.5 Å². The summed E-state index contributed by atoms with van der Waals surface area (Å²) in [5.41, 5.74) is 0. The number of hydrogen-bond acceptors (Lipinski definition) is 4. The zero-order valence-electron chi connectivity index (χ0n) is 6.74. The van der Waals surface area contributed by atoms with Crippen LogP contribution in [0.15, 0.2) is 12.4 Å². The molecule has 0 unspecified atom stereocenters. The number of ether oxygens (including phenoxy) is 1. The molecule has 1 heterocycles. The van der Waals surface area contributed by atoms with E-state index in [4.69, 9.17) is 11.6 Å². The SMILES string of the molecule is COC(=O)C#Cc1ncc(Cl)cn1. The van der Waals surface area contributed by atoms with Gasteiger partial charge in [-0.15, -0.1) is 0 Å². The fourth-order valence-electron chi connectivity index (χ4n) is 0.535. The molecule has 0 saturated carbocycles. The first-order valence-electron chi connectivity index (χ1n) is 3.30. The molecular formula is C8H5ClN2O2. The van der Waals surface area contributed by atoms with Crippen LogP contribution >= 0.6 is 11.6 Å². The molecule has 5 heteroatoms. The van der Waals surface area contributed by atoms with Crippen molar-refractivity contribution in [1.29, 1.82) is 0 Å². The standard InChI is InChI=1S/C8H5ClN2O2/c1-13-8(12)3-2-7-10-4-6(9)5-11-7/h4-5H,1H3. The maximum absolute atomic E-state index is 10.6. The van der Waals surface area contributed by atoms with E-state index >= 15 is 0 Å². The van der Waals surface area contributed by atoms with Gasteiger partial charge in [0.15, 0.2) is 0 Å². The first kappa shape index (κ1) is 9.49. The topological polar surface area (TPSA) is 52.1 Å². The normalized spacial score (nSPS) is 8.46. The maximum atomic E-state index is 10.6. The highest BCUT2D eigenvalue weighted by Crippen LogP contribution is 2.01. The molecule has 4 nitrogen and oxygen atoms in total. The van der Waals surface area contributed by atoms with E-state index in [-0.39, 0.29) is 5.82 Å². The van der Waals surface area contributed by atoms with Crippen molar-refractivity contribution in [2.75, 3.05) is 7.11 Å². The highest BCUT2D eigenvalue weighted by atomic mass is 35.5. The molecule has 0 N–H and O–H groups in total. The molecule has 0 bridgehead atoms. The monoisotopic (exact) mass is 196 g/mol. The molecule has 0 spiro atoms. The quantitative estimate of drug-likeness (QED) is 0.452. The van der Waals surface area contributed by atoms with E-state index in [0.717, 1.165) is 0 Å². The van der Waals surface area contributed by atoms with Gasteiger partial charge in [0.1, 0.15) is 0 Å². The minimum Gasteiger partial charge on any atom is -0.459 e. The first-order chi connectivity index (χ1) is 6.22. The number of carbonyl (C=O) groups excluding carboxylic acids is 1. The second-order valence-electron chi connectivity index (χ2n) is 1.97. The van der Waals surface area contributed by atoms with Gasteiger partial charge in [0, 0.05) is 5.92 Å². The van der Waals surface area contributed by atoms with E-state index in [2.05, 4.69) is 26.5 Å². The van der Waals surface area contributed by atoms with Crippen LogP contribution in [-0.4, -0.2) is 23.0 Å². The Morgan fingerprint density at radius 2 is 2.15 bits per heavy atom. The Hall–Kier alpha value is -1.60. The number of nitrogens with zero attached hydrogens (tertiary/aromatic N) is 2. The summed E-state index contributed by atoms with van der Waals surface area (Å²) in [6.07, 6.45) is 2.80. The van der Waals surface area contributed by atoms with Crippen molar-refractivity contribution in [3.8, 4) is 11.8 Å². The van der Waals surface area contributed by atoms with E-state index in [1.165, 1.54) is 19.5 Å². The molecule has 0 aliphatic carbocycles. The number of methoxy groups -OCH3 is 1. The molecule has 1 rings (SSSR count). The van der Waals surface area contributed by atoms with Crippen LogP contribution in [0.1, 0.15) is 5.82 Å². The lowest BCUT2D eigenvalue weighted by Crippen LogP contribution is -1.95. The molecule has 0 amide bonds. The molecule has 0 aliphatic rings. The summed E-state index contributed by atoms with van der Waals surface area (Å²) in [7, 11) is 1.25. The molecule has 13 heavy (non-hydrogen) atoms. The molecule has 0 radical (unpaired) electrons. The van der Waals surface area contributed by atoms with E-state index in [1.54, 1.807) is 0 Å². The van der Waals surface area contributed by atoms with E-state index in [9.17, 15) is 4.79 Å². The summed E-state index contributed by atoms with van der Waals surface area (Å²) in [5, 5.41) is 0.420. The number of rotatable bonds is 0. The predicted molar refractivity (Wildman–Crippen MR) is 45.9 cm³/mol. The van der Waals surface area contributed by atoms with Crippen molar-refractivity contribution in [2.24, 2.45) is 0 Å². The van der Waals surface area contributed by atoms with Crippen LogP contribution in [0.4, 0.5) is 0 Å². The van der Waals surface area contributed by atoms with Crippen LogP contribution < -0.4 is 0 Å². The van der Waals surface area contributed by atoms with Gasteiger partial charge >= 0.3 is 5.97 Å². The molecule has 1 aromatic rings. The highest BCUT2D eigenvalue weighted by molar-refractivity contribution is 6.30. The second-order valence-corrected chi connectivity index (χ2v) is 2.40. The number of hydrogen-bond donors (Lipinski definition) is 0. The third-order valence-corrected chi connectivity index (χ3v) is 1.28. The largest absolute Gasteiger partial charge is 0.459 e. The fourth-order valence-corrected chi connectivity index (χ4v) is 0.632. The summed E-state index contributed by atoms with van der Waals surface area (Å²) in [6, 6.07) is 0. The zero-order valence-corrected chi connectivity index (χ0v) is 7.50. The van der Waals surface area contributed by atoms with Crippen LogP contribution in [0.25, 0.3) is 0 Å². The van der Waals surface area contributed by atoms with Crippen LogP contribution in [0.2, 0.25) is 5.02 Å². The Balaban J connectivity index is 2.78. The third kappa shape index (κ3) is 3.09. The summed E-state index contributed by atoms with van der Waals surface area (Å²) in [4.78, 5) is 18.1. The average Bonchev–Trinajstić information content (AvgIpc) is 2.16. The van der Waals surface area contributed by atoms with Gasteiger partial charge in [-0.3, -0.25) is 0 Å². The van der Waals surface area contributed by atoms with E-state index < -0.39 is 5.97 Å². The number of aromatic nitrogens is 2. The average molecular weight is 197 g/mol. The Morgan fingerprint density at radius 1 is 1.54 bits per heavy atom. The molecular weight excluding hydrogens is 192 g/mol. The first-order valence-corrected chi connectivity index (χ1v) is 3.67. The van der Waals surface area contributed by atoms with Crippen LogP contribution in [-0.2, 0) is 9.53 Å². The van der Waals surface area contributed by atoms with Gasteiger partial charge in [-0.1, -0.05) is 11.6 Å². The predicted octanol–water partition coefficient (Wildman–Crippen LogP) is 0.655. The number of carbonyl (C=O) groups is 1. The molecule has 66 valence electrons. The smallest absolute Gasteiger partial charge is 0.384 e. The van der Waals surface area contributed by atoms with Crippen LogP contribution in [0.3, 0.4) is 0 Å². The molecule has 0 saturated heterocycles. The summed E-state index contributed by atoms with van der Waals surface area (Å²) >= 11 is 5.54. The van der Waals surface area contributed by atoms with Crippen molar-refractivity contribution < 1.29 is 9.53 Å². The lowest BCUT2D eigenvalue weighted by molar-refractivity contribution is -0.133. The van der Waals surface area contributed by atoms with Gasteiger partial charge in [-0.25, -0.2) is 14.8 Å². The Labute approximate surface area is 79.9 Å². The summed E-state index contributed by atoms with van der Waals surface area (Å²) < 4.78 is 4.30. The Bertz CT molecular complexity index is 364. The molecule has 0 aromatic carbocycles. The van der Waals surface area contributed by atoms with Crippen molar-refractivity contribution >= 4 is 17.6 Å². The fraction of sp³-hybridized carbons (Fsp3) is 0.125. The van der Waals surface area contributed by atoms with Crippen molar-refractivity contribution in [3.05, 3.63) is 23.2 Å². The van der Waals surface area contributed by atoms with Gasteiger partial charge in [0.2, 0.25) is 5.82 Å². The van der Waals surface area contributed by atoms with Gasteiger partial charge in [0.25, 0.3) is 0 Å². The Morgan fingerprint density at radius 3 is 2.69 bits per heavy atom. The van der Waals surface area contributed by atoms with Gasteiger partial charge < -0.3 is 4.74 Å². The maximum Gasteiger partial charge on any atom is 0.384 e. The second kappa shape index (κ2) is 4.43. The van der Waals surface area contributed by atoms with Crippen LogP contribution in [0, 0.1) is 11.8 Å².